The third-order valence-electron chi connectivity index (χ3n) is 4.33. The van der Waals surface area contributed by atoms with Crippen molar-refractivity contribution in [3.63, 3.8) is 0 Å². The molecule has 0 spiro atoms. The Labute approximate surface area is 116 Å². The Hall–Kier alpha value is -1.37. The summed E-state index contributed by atoms with van der Waals surface area (Å²) in [6, 6.07) is 4.57. The monoisotopic (exact) mass is 253 g/mol. The van der Waals surface area contributed by atoms with Crippen molar-refractivity contribution < 1.29 is 0 Å². The molecule has 3 rings (SSSR count). The van der Waals surface area contributed by atoms with Crippen molar-refractivity contribution in [1.82, 2.24) is 4.98 Å². The summed E-state index contributed by atoms with van der Waals surface area (Å²) in [6.07, 6.45) is 16.1. The quantitative estimate of drug-likeness (QED) is 0.708. The van der Waals surface area contributed by atoms with Crippen LogP contribution in [0.1, 0.15) is 67.8 Å². The lowest BCUT2D eigenvalue weighted by Gasteiger charge is -2.22. The van der Waals surface area contributed by atoms with Crippen LogP contribution in [0.3, 0.4) is 0 Å². The van der Waals surface area contributed by atoms with E-state index in [0.29, 0.717) is 5.92 Å². The van der Waals surface area contributed by atoms with Crippen LogP contribution in [0.5, 0.6) is 0 Å². The number of hydrogen-bond acceptors (Lipinski definition) is 1. The van der Waals surface area contributed by atoms with Gasteiger partial charge in [0, 0.05) is 17.3 Å². The van der Waals surface area contributed by atoms with Gasteiger partial charge >= 0.3 is 0 Å². The van der Waals surface area contributed by atoms with Gasteiger partial charge in [0.05, 0.1) is 0 Å². The minimum atomic E-state index is 0.695. The summed E-state index contributed by atoms with van der Waals surface area (Å²) in [7, 11) is 0. The van der Waals surface area contributed by atoms with Gasteiger partial charge in [-0.3, -0.25) is 4.98 Å². The summed E-state index contributed by atoms with van der Waals surface area (Å²) in [6.45, 7) is 2.13. The van der Waals surface area contributed by atoms with E-state index in [-0.39, 0.29) is 0 Å². The van der Waals surface area contributed by atoms with Crippen molar-refractivity contribution in [3.8, 4) is 0 Å². The molecule has 2 aliphatic carbocycles. The predicted molar refractivity (Wildman–Crippen MR) is 81.2 cm³/mol. The first kappa shape index (κ1) is 12.7. The zero-order chi connectivity index (χ0) is 13.1. The van der Waals surface area contributed by atoms with Crippen molar-refractivity contribution >= 4 is 5.57 Å². The summed E-state index contributed by atoms with van der Waals surface area (Å²) >= 11 is 0. The van der Waals surface area contributed by atoms with Gasteiger partial charge in [0.15, 0.2) is 0 Å². The zero-order valence-corrected chi connectivity index (χ0v) is 11.9. The Kier molecular flexibility index (Phi) is 3.82. The molecule has 0 N–H and O–H groups in total. The van der Waals surface area contributed by atoms with Crippen LogP contribution in [0, 0.1) is 6.92 Å². The fourth-order valence-electron chi connectivity index (χ4n) is 3.30. The van der Waals surface area contributed by atoms with Gasteiger partial charge in [-0.15, -0.1) is 0 Å². The second-order valence-corrected chi connectivity index (χ2v) is 5.90. The molecule has 2 aliphatic rings. The molecule has 1 saturated carbocycles. The van der Waals surface area contributed by atoms with Crippen LogP contribution in [-0.4, -0.2) is 4.98 Å². The van der Waals surface area contributed by atoms with Gasteiger partial charge < -0.3 is 0 Å². The second kappa shape index (κ2) is 5.73. The highest BCUT2D eigenvalue weighted by Crippen LogP contribution is 2.33. The summed E-state index contributed by atoms with van der Waals surface area (Å²) in [5, 5.41) is 0. The summed E-state index contributed by atoms with van der Waals surface area (Å²) < 4.78 is 0. The van der Waals surface area contributed by atoms with Gasteiger partial charge in [-0.1, -0.05) is 37.5 Å². The van der Waals surface area contributed by atoms with Crippen LogP contribution in [0.4, 0.5) is 0 Å². The van der Waals surface area contributed by atoms with Crippen LogP contribution < -0.4 is 0 Å². The number of aromatic nitrogens is 1. The predicted octanol–water partition coefficient (Wildman–Crippen LogP) is 5.17. The van der Waals surface area contributed by atoms with Crippen molar-refractivity contribution in [2.75, 3.05) is 0 Å². The first-order valence-corrected chi connectivity index (χ1v) is 7.68. The van der Waals surface area contributed by atoms with Crippen LogP contribution in [0.2, 0.25) is 0 Å². The van der Waals surface area contributed by atoms with Gasteiger partial charge in [-0.25, -0.2) is 0 Å². The van der Waals surface area contributed by atoms with Gasteiger partial charge in [0.2, 0.25) is 0 Å². The molecule has 19 heavy (non-hydrogen) atoms. The van der Waals surface area contributed by atoms with Crippen molar-refractivity contribution in [2.45, 2.75) is 57.8 Å². The molecule has 1 heteroatoms. The molecule has 100 valence electrons. The third-order valence-corrected chi connectivity index (χ3v) is 4.33. The number of aryl methyl sites for hydroxylation is 1. The molecule has 0 bridgehead atoms. The van der Waals surface area contributed by atoms with Crippen LogP contribution >= 0.6 is 0 Å². The summed E-state index contributed by atoms with van der Waals surface area (Å²) in [5.41, 5.74) is 5.24. The maximum Gasteiger partial charge on any atom is 0.0443 e. The maximum absolute atomic E-state index is 4.80. The normalized spacial score (nSPS) is 20.4. The molecule has 0 atom stereocenters. The lowest BCUT2D eigenvalue weighted by molar-refractivity contribution is 0.436. The largest absolute Gasteiger partial charge is 0.258 e. The summed E-state index contributed by atoms with van der Waals surface area (Å²) in [4.78, 5) is 4.80. The highest BCUT2D eigenvalue weighted by molar-refractivity contribution is 5.75. The third kappa shape index (κ3) is 2.97. The molecule has 1 heterocycles. The van der Waals surface area contributed by atoms with E-state index in [0.717, 1.165) is 5.69 Å². The first-order valence-electron chi connectivity index (χ1n) is 7.68. The summed E-state index contributed by atoms with van der Waals surface area (Å²) in [5.74, 6) is 0.695. The number of hydrogen-bond donors (Lipinski definition) is 0. The smallest absolute Gasteiger partial charge is 0.0443 e. The van der Waals surface area contributed by atoms with E-state index in [4.69, 9.17) is 4.98 Å². The van der Waals surface area contributed by atoms with Gasteiger partial charge in [-0.05, 0) is 55.9 Å². The van der Waals surface area contributed by atoms with E-state index in [1.165, 1.54) is 61.8 Å². The van der Waals surface area contributed by atoms with Gasteiger partial charge in [0.1, 0.15) is 0 Å². The fraction of sp³-hybridized carbons (Fsp3) is 0.500. The average molecular weight is 253 g/mol. The van der Waals surface area contributed by atoms with Crippen molar-refractivity contribution in [1.29, 1.82) is 0 Å². The molecule has 0 radical (unpaired) electrons. The van der Waals surface area contributed by atoms with Crippen molar-refractivity contribution in [2.24, 2.45) is 0 Å². The fourth-order valence-corrected chi connectivity index (χ4v) is 3.30. The van der Waals surface area contributed by atoms with E-state index >= 15 is 0 Å². The topological polar surface area (TPSA) is 12.9 Å². The molecule has 1 fully saturated rings. The molecule has 1 nitrogen and oxygen atoms in total. The molecule has 0 amide bonds. The number of allylic oxidation sites excluding steroid dienone is 4. The molecule has 0 aromatic carbocycles. The molecule has 0 aliphatic heterocycles. The van der Waals surface area contributed by atoms with Gasteiger partial charge in [-0.2, -0.15) is 0 Å². The SMILES string of the molecule is Cc1cc(C2=CCCC=C2)cc(C2CCCCC2)n1. The Morgan fingerprint density at radius 1 is 1.05 bits per heavy atom. The second-order valence-electron chi connectivity index (χ2n) is 5.90. The molecule has 0 saturated heterocycles. The van der Waals surface area contributed by atoms with E-state index in [1.54, 1.807) is 0 Å². The van der Waals surface area contributed by atoms with E-state index in [1.807, 2.05) is 0 Å². The van der Waals surface area contributed by atoms with Crippen LogP contribution in [0.25, 0.3) is 5.57 Å². The Morgan fingerprint density at radius 2 is 1.89 bits per heavy atom. The zero-order valence-electron chi connectivity index (χ0n) is 11.9. The number of pyridine rings is 1. The lowest BCUT2D eigenvalue weighted by Crippen LogP contribution is -2.08. The van der Waals surface area contributed by atoms with E-state index in [9.17, 15) is 0 Å². The van der Waals surface area contributed by atoms with Crippen LogP contribution in [0.15, 0.2) is 30.4 Å². The Bertz CT molecular complexity index is 504. The Balaban J connectivity index is 1.91. The van der Waals surface area contributed by atoms with E-state index in [2.05, 4.69) is 37.3 Å². The maximum atomic E-state index is 4.80. The van der Waals surface area contributed by atoms with Gasteiger partial charge in [0.25, 0.3) is 0 Å². The van der Waals surface area contributed by atoms with Crippen molar-refractivity contribution in [3.05, 3.63) is 47.3 Å². The molecular weight excluding hydrogens is 230 g/mol. The Morgan fingerprint density at radius 3 is 2.63 bits per heavy atom. The minimum absolute atomic E-state index is 0.695. The number of rotatable bonds is 2. The average Bonchev–Trinajstić information content (AvgIpc) is 2.48. The minimum Gasteiger partial charge on any atom is -0.258 e. The van der Waals surface area contributed by atoms with Crippen LogP contribution in [-0.2, 0) is 0 Å². The molecule has 0 unspecified atom stereocenters. The highest BCUT2D eigenvalue weighted by Gasteiger charge is 2.18. The number of nitrogens with zero attached hydrogens (tertiary/aromatic N) is 1. The molecule has 1 aromatic heterocycles. The lowest BCUT2D eigenvalue weighted by atomic mass is 9.85. The standard InChI is InChI=1S/C18H23N/c1-14-12-17(15-8-4-2-5-9-15)13-18(19-14)16-10-6-3-7-11-16/h4,8-9,12-13,16H,2-3,5-7,10-11H2,1H3. The first-order chi connectivity index (χ1) is 9.33. The molecule has 1 aromatic rings. The van der Waals surface area contributed by atoms with E-state index < -0.39 is 0 Å². The highest BCUT2D eigenvalue weighted by atomic mass is 14.7. The molecular formula is C18H23N.